The number of hydrogen-bond acceptors (Lipinski definition) is 4. The van der Waals surface area contributed by atoms with Gasteiger partial charge in [0.1, 0.15) is 15.9 Å². The smallest absolute Gasteiger partial charge is 0.206 e. The van der Waals surface area contributed by atoms with Crippen LogP contribution in [0.4, 0.5) is 0 Å². The molecule has 0 fully saturated rings. The summed E-state index contributed by atoms with van der Waals surface area (Å²) in [6.45, 7) is 8.12. The molecule has 0 N–H and O–H groups in total. The zero-order valence-electron chi connectivity index (χ0n) is 16.7. The van der Waals surface area contributed by atoms with E-state index < -0.39 is 8.07 Å². The standard InChI is InChI=1S/C22H23IN2O3Si/c1-29(2,3)12-11-27-14-25-18-10-9-16-20(26)19(23)21(15-7-5-4-6-8-15)28-22(16)17(18)13-24-25/h4-10,13H,11-12,14H2,1-3H3. The molecule has 0 saturated heterocycles. The average molecular weight is 518 g/mol. The molecule has 0 aliphatic heterocycles. The molecule has 0 unspecified atom stereocenters. The zero-order valence-corrected chi connectivity index (χ0v) is 19.9. The van der Waals surface area contributed by atoms with Crippen molar-refractivity contribution in [3.05, 3.63) is 62.5 Å². The minimum Gasteiger partial charge on any atom is -0.454 e. The highest BCUT2D eigenvalue weighted by atomic mass is 127. The van der Waals surface area contributed by atoms with E-state index in [4.69, 9.17) is 9.15 Å². The predicted octanol–water partition coefficient (Wildman–Crippen LogP) is 5.73. The van der Waals surface area contributed by atoms with Gasteiger partial charge in [-0.05, 0) is 40.8 Å². The van der Waals surface area contributed by atoms with Crippen molar-refractivity contribution in [2.75, 3.05) is 6.61 Å². The quantitative estimate of drug-likeness (QED) is 0.186. The topological polar surface area (TPSA) is 57.3 Å². The van der Waals surface area contributed by atoms with E-state index in [0.29, 0.717) is 27.0 Å². The Kier molecular flexibility index (Phi) is 5.63. The number of halogens is 1. The summed E-state index contributed by atoms with van der Waals surface area (Å²) in [4.78, 5) is 13.0. The summed E-state index contributed by atoms with van der Waals surface area (Å²) in [5, 5.41) is 5.86. The van der Waals surface area contributed by atoms with Gasteiger partial charge in [-0.2, -0.15) is 5.10 Å². The van der Waals surface area contributed by atoms with E-state index in [1.54, 1.807) is 6.20 Å². The van der Waals surface area contributed by atoms with Crippen LogP contribution in [0.2, 0.25) is 25.7 Å². The number of hydrogen-bond donors (Lipinski definition) is 0. The highest BCUT2D eigenvalue weighted by molar-refractivity contribution is 14.1. The molecule has 0 aliphatic rings. The van der Waals surface area contributed by atoms with Crippen molar-refractivity contribution in [2.24, 2.45) is 0 Å². The van der Waals surface area contributed by atoms with Gasteiger partial charge in [-0.1, -0.05) is 50.0 Å². The summed E-state index contributed by atoms with van der Waals surface area (Å²) < 4.78 is 14.5. The molecule has 2 aromatic carbocycles. The van der Waals surface area contributed by atoms with Crippen molar-refractivity contribution < 1.29 is 9.15 Å². The number of nitrogens with zero attached hydrogens (tertiary/aromatic N) is 2. The van der Waals surface area contributed by atoms with Crippen LogP contribution in [0.5, 0.6) is 0 Å². The SMILES string of the molecule is C[Si](C)(C)CCOCn1ncc2c3oc(-c4ccccc4)c(I)c(=O)c3ccc21. The molecule has 0 radical (unpaired) electrons. The van der Waals surface area contributed by atoms with Gasteiger partial charge in [0.25, 0.3) is 0 Å². The maximum atomic E-state index is 13.0. The largest absolute Gasteiger partial charge is 0.454 e. The number of benzene rings is 2. The molecule has 4 aromatic rings. The first-order valence-electron chi connectivity index (χ1n) is 9.59. The number of ether oxygens (including phenoxy) is 1. The summed E-state index contributed by atoms with van der Waals surface area (Å²) >= 11 is 2.07. The summed E-state index contributed by atoms with van der Waals surface area (Å²) in [6, 6.07) is 14.6. The van der Waals surface area contributed by atoms with Crippen molar-refractivity contribution >= 4 is 52.5 Å². The van der Waals surface area contributed by atoms with E-state index in [9.17, 15) is 4.79 Å². The van der Waals surface area contributed by atoms with Gasteiger partial charge in [0, 0.05) is 20.2 Å². The van der Waals surface area contributed by atoms with Crippen molar-refractivity contribution in [3.63, 3.8) is 0 Å². The molecular formula is C22H23IN2O3Si. The van der Waals surface area contributed by atoms with Gasteiger partial charge in [0.15, 0.2) is 5.76 Å². The van der Waals surface area contributed by atoms with Crippen LogP contribution >= 0.6 is 22.6 Å². The monoisotopic (exact) mass is 518 g/mol. The van der Waals surface area contributed by atoms with Crippen LogP contribution in [0.1, 0.15) is 0 Å². The number of fused-ring (bicyclic) bond motifs is 3. The third kappa shape index (κ3) is 4.17. The first kappa shape index (κ1) is 20.3. The van der Waals surface area contributed by atoms with E-state index in [2.05, 4.69) is 47.3 Å². The number of aromatic nitrogens is 2. The first-order chi connectivity index (χ1) is 13.8. The Morgan fingerprint density at radius 1 is 1.10 bits per heavy atom. The van der Waals surface area contributed by atoms with Crippen LogP contribution in [0.3, 0.4) is 0 Å². The van der Waals surface area contributed by atoms with Crippen LogP contribution in [-0.4, -0.2) is 24.5 Å². The Hall–Kier alpha value is -1.97. The van der Waals surface area contributed by atoms with Crippen LogP contribution in [0.25, 0.3) is 33.2 Å². The maximum Gasteiger partial charge on any atom is 0.206 e. The Morgan fingerprint density at radius 3 is 2.59 bits per heavy atom. The third-order valence-corrected chi connectivity index (χ3v) is 7.55. The second-order valence-electron chi connectivity index (χ2n) is 8.31. The summed E-state index contributed by atoms with van der Waals surface area (Å²) in [5.74, 6) is 0.593. The summed E-state index contributed by atoms with van der Waals surface area (Å²) in [5.41, 5.74) is 2.33. The van der Waals surface area contributed by atoms with E-state index in [-0.39, 0.29) is 5.43 Å². The minimum absolute atomic E-state index is 0.0215. The summed E-state index contributed by atoms with van der Waals surface area (Å²) in [7, 11) is -1.12. The molecule has 2 aromatic heterocycles. The van der Waals surface area contributed by atoms with Crippen LogP contribution in [0.15, 0.2) is 57.9 Å². The van der Waals surface area contributed by atoms with Gasteiger partial charge >= 0.3 is 0 Å². The Labute approximate surface area is 183 Å². The fourth-order valence-electron chi connectivity index (χ4n) is 3.19. The fraction of sp³-hybridized carbons (Fsp3) is 0.273. The van der Waals surface area contributed by atoms with Gasteiger partial charge < -0.3 is 9.15 Å². The van der Waals surface area contributed by atoms with E-state index in [0.717, 1.165) is 29.1 Å². The van der Waals surface area contributed by atoms with Crippen molar-refractivity contribution in [1.29, 1.82) is 0 Å². The van der Waals surface area contributed by atoms with Crippen molar-refractivity contribution in [3.8, 4) is 11.3 Å². The molecular weight excluding hydrogens is 495 g/mol. The predicted molar refractivity (Wildman–Crippen MR) is 128 cm³/mol. The fourth-order valence-corrected chi connectivity index (χ4v) is 4.66. The van der Waals surface area contributed by atoms with Crippen molar-refractivity contribution in [2.45, 2.75) is 32.4 Å². The van der Waals surface area contributed by atoms with Crippen LogP contribution < -0.4 is 5.43 Å². The van der Waals surface area contributed by atoms with E-state index in [1.807, 2.05) is 47.1 Å². The highest BCUT2D eigenvalue weighted by Gasteiger charge is 2.17. The minimum atomic E-state index is -1.12. The molecule has 0 saturated carbocycles. The normalized spacial score (nSPS) is 12.1. The molecule has 4 rings (SSSR count). The second-order valence-corrected chi connectivity index (χ2v) is 15.0. The lowest BCUT2D eigenvalue weighted by molar-refractivity contribution is 0.0817. The maximum absolute atomic E-state index is 13.0. The molecule has 150 valence electrons. The molecule has 7 heteroatoms. The average Bonchev–Trinajstić information content (AvgIpc) is 3.11. The lowest BCUT2D eigenvalue weighted by Gasteiger charge is -2.15. The first-order valence-corrected chi connectivity index (χ1v) is 14.4. The van der Waals surface area contributed by atoms with Crippen molar-refractivity contribution in [1.82, 2.24) is 9.78 Å². The van der Waals surface area contributed by atoms with Gasteiger partial charge in [-0.25, -0.2) is 4.68 Å². The van der Waals surface area contributed by atoms with Gasteiger partial charge in [-0.3, -0.25) is 4.79 Å². The van der Waals surface area contributed by atoms with Gasteiger partial charge in [-0.15, -0.1) is 0 Å². The van der Waals surface area contributed by atoms with Gasteiger partial charge in [0.05, 0.1) is 22.5 Å². The zero-order chi connectivity index (χ0) is 20.6. The molecule has 2 heterocycles. The molecule has 5 nitrogen and oxygen atoms in total. The lowest BCUT2D eigenvalue weighted by Crippen LogP contribution is -2.22. The Bertz CT molecular complexity index is 1230. The van der Waals surface area contributed by atoms with Gasteiger partial charge in [0.2, 0.25) is 5.43 Å². The third-order valence-electron chi connectivity index (χ3n) is 4.87. The second kappa shape index (κ2) is 8.04. The van der Waals surface area contributed by atoms with E-state index >= 15 is 0 Å². The molecule has 0 bridgehead atoms. The molecule has 29 heavy (non-hydrogen) atoms. The number of rotatable bonds is 6. The highest BCUT2D eigenvalue weighted by Crippen LogP contribution is 2.31. The molecule has 0 amide bonds. The van der Waals surface area contributed by atoms with Crippen LogP contribution in [-0.2, 0) is 11.5 Å². The Morgan fingerprint density at radius 2 is 1.86 bits per heavy atom. The molecule has 0 spiro atoms. The summed E-state index contributed by atoms with van der Waals surface area (Å²) in [6.07, 6.45) is 1.75. The van der Waals surface area contributed by atoms with E-state index in [1.165, 1.54) is 0 Å². The molecule has 0 atom stereocenters. The Balaban J connectivity index is 1.75. The lowest BCUT2D eigenvalue weighted by atomic mass is 10.1. The van der Waals surface area contributed by atoms with Crippen LogP contribution in [0, 0.1) is 3.57 Å². The molecule has 0 aliphatic carbocycles.